The predicted molar refractivity (Wildman–Crippen MR) is 75.4 cm³/mol. The topological polar surface area (TPSA) is 64.3 Å². The maximum atomic E-state index is 13.6. The molecule has 0 aliphatic rings. The lowest BCUT2D eigenvalue weighted by atomic mass is 10.1. The third-order valence-corrected chi connectivity index (χ3v) is 3.34. The van der Waals surface area contributed by atoms with E-state index in [1.54, 1.807) is 34.0 Å². The Morgan fingerprint density at radius 1 is 1.24 bits per heavy atom. The maximum Gasteiger partial charge on any atom is 0.176 e. The van der Waals surface area contributed by atoms with Crippen LogP contribution in [0.25, 0.3) is 28.2 Å². The Hall–Kier alpha value is -2.96. The summed E-state index contributed by atoms with van der Waals surface area (Å²) in [6.45, 7) is 0. The summed E-state index contributed by atoms with van der Waals surface area (Å²) in [6, 6.07) is 6.35. The molecule has 3 aromatic heterocycles. The molecule has 0 unspecified atom stereocenters. The van der Waals surface area contributed by atoms with Crippen molar-refractivity contribution in [2.24, 2.45) is 7.05 Å². The quantitative estimate of drug-likeness (QED) is 0.613. The van der Waals surface area contributed by atoms with E-state index in [0.29, 0.717) is 11.4 Å². The number of H-pyrrole nitrogens is 1. The fourth-order valence-corrected chi connectivity index (χ4v) is 2.35. The highest BCUT2D eigenvalue weighted by molar-refractivity contribution is 5.78. The molecule has 4 aromatic rings. The third kappa shape index (κ3) is 1.82. The fraction of sp³-hybridized carbons (Fsp3) is 0.0714. The molecule has 0 saturated carbocycles. The summed E-state index contributed by atoms with van der Waals surface area (Å²) >= 11 is 0. The molecular weight excluding hydrogens is 271 g/mol. The lowest BCUT2D eigenvalue weighted by Crippen LogP contribution is -1.99. The number of halogens is 1. The van der Waals surface area contributed by atoms with Gasteiger partial charge in [0.25, 0.3) is 0 Å². The summed E-state index contributed by atoms with van der Waals surface area (Å²) in [5.41, 5.74) is 2.94. The van der Waals surface area contributed by atoms with Crippen LogP contribution in [0.4, 0.5) is 4.39 Å². The van der Waals surface area contributed by atoms with Crippen LogP contribution >= 0.6 is 0 Å². The highest BCUT2D eigenvalue weighted by Gasteiger charge is 2.14. The average Bonchev–Trinajstić information content (AvgIpc) is 3.18. The highest BCUT2D eigenvalue weighted by atomic mass is 19.1. The number of aryl methyl sites for hydroxylation is 1. The van der Waals surface area contributed by atoms with Gasteiger partial charge in [0, 0.05) is 25.0 Å². The SMILES string of the molecule is Cn1ncc2[nH]c(-c3cc(F)ccc3-n3cccn3)nc21. The molecule has 4 rings (SSSR count). The number of hydrogen-bond acceptors (Lipinski definition) is 3. The molecule has 6 nitrogen and oxygen atoms in total. The van der Waals surface area contributed by atoms with E-state index in [4.69, 9.17) is 0 Å². The highest BCUT2D eigenvalue weighted by Crippen LogP contribution is 2.27. The first-order chi connectivity index (χ1) is 10.2. The van der Waals surface area contributed by atoms with Crippen molar-refractivity contribution in [3.8, 4) is 17.1 Å². The van der Waals surface area contributed by atoms with Gasteiger partial charge in [0.2, 0.25) is 0 Å². The van der Waals surface area contributed by atoms with Crippen molar-refractivity contribution in [3.63, 3.8) is 0 Å². The Bertz CT molecular complexity index is 918. The normalized spacial score (nSPS) is 11.3. The summed E-state index contributed by atoms with van der Waals surface area (Å²) in [6.07, 6.45) is 5.18. The van der Waals surface area contributed by atoms with E-state index >= 15 is 0 Å². The summed E-state index contributed by atoms with van der Waals surface area (Å²) in [7, 11) is 1.81. The molecule has 0 bridgehead atoms. The van der Waals surface area contributed by atoms with Gasteiger partial charge in [-0.2, -0.15) is 10.2 Å². The molecule has 21 heavy (non-hydrogen) atoms. The Labute approximate surface area is 118 Å². The molecule has 0 radical (unpaired) electrons. The molecule has 0 fully saturated rings. The number of fused-ring (bicyclic) bond motifs is 1. The first-order valence-electron chi connectivity index (χ1n) is 6.40. The molecule has 1 N–H and O–H groups in total. The largest absolute Gasteiger partial charge is 0.335 e. The summed E-state index contributed by atoms with van der Waals surface area (Å²) < 4.78 is 17.0. The molecule has 7 heteroatoms. The van der Waals surface area contributed by atoms with Crippen LogP contribution in [0.2, 0.25) is 0 Å². The van der Waals surface area contributed by atoms with Gasteiger partial charge < -0.3 is 4.98 Å². The van der Waals surface area contributed by atoms with Crippen LogP contribution in [-0.2, 0) is 7.05 Å². The molecule has 0 saturated heterocycles. The minimum absolute atomic E-state index is 0.320. The number of aromatic nitrogens is 6. The van der Waals surface area contributed by atoms with Gasteiger partial charge in [0.15, 0.2) is 5.65 Å². The number of aromatic amines is 1. The second-order valence-corrected chi connectivity index (χ2v) is 4.70. The second-order valence-electron chi connectivity index (χ2n) is 4.70. The van der Waals surface area contributed by atoms with E-state index < -0.39 is 0 Å². The van der Waals surface area contributed by atoms with Crippen molar-refractivity contribution in [3.05, 3.63) is 48.7 Å². The van der Waals surface area contributed by atoms with Gasteiger partial charge in [0.05, 0.1) is 11.9 Å². The summed E-state index contributed by atoms with van der Waals surface area (Å²) in [5.74, 6) is 0.266. The molecule has 0 aliphatic heterocycles. The van der Waals surface area contributed by atoms with Crippen molar-refractivity contribution >= 4 is 11.2 Å². The van der Waals surface area contributed by atoms with Gasteiger partial charge in [0.1, 0.15) is 17.2 Å². The first-order valence-corrected chi connectivity index (χ1v) is 6.40. The summed E-state index contributed by atoms with van der Waals surface area (Å²) in [5, 5.41) is 8.31. The maximum absolute atomic E-state index is 13.6. The van der Waals surface area contributed by atoms with Crippen molar-refractivity contribution in [1.82, 2.24) is 29.5 Å². The Balaban J connectivity index is 1.96. The zero-order valence-corrected chi connectivity index (χ0v) is 11.2. The monoisotopic (exact) mass is 282 g/mol. The molecular formula is C14H11FN6. The van der Waals surface area contributed by atoms with E-state index in [-0.39, 0.29) is 5.82 Å². The zero-order chi connectivity index (χ0) is 14.4. The molecule has 0 amide bonds. The smallest absolute Gasteiger partial charge is 0.176 e. The standard InChI is InChI=1S/C14H11FN6/c1-20-14-11(8-17-20)18-13(19-14)10-7-9(15)3-4-12(10)21-6-2-5-16-21/h2-8H,1H3,(H,18,19). The van der Waals surface area contributed by atoms with Gasteiger partial charge >= 0.3 is 0 Å². The van der Waals surface area contributed by atoms with E-state index in [2.05, 4.69) is 20.2 Å². The number of nitrogens with zero attached hydrogens (tertiary/aromatic N) is 5. The molecule has 0 aliphatic carbocycles. The minimum Gasteiger partial charge on any atom is -0.335 e. The van der Waals surface area contributed by atoms with Crippen molar-refractivity contribution in [2.45, 2.75) is 0 Å². The van der Waals surface area contributed by atoms with Gasteiger partial charge in [-0.1, -0.05) is 0 Å². The van der Waals surface area contributed by atoms with Gasteiger partial charge in [-0.25, -0.2) is 18.7 Å². The Morgan fingerprint density at radius 2 is 2.14 bits per heavy atom. The molecule has 3 heterocycles. The minimum atomic E-state index is -0.320. The number of hydrogen-bond donors (Lipinski definition) is 1. The second kappa shape index (κ2) is 4.27. The number of benzene rings is 1. The zero-order valence-electron chi connectivity index (χ0n) is 11.2. The van der Waals surface area contributed by atoms with Crippen LogP contribution in [0.15, 0.2) is 42.9 Å². The van der Waals surface area contributed by atoms with E-state index in [9.17, 15) is 4.39 Å². The average molecular weight is 282 g/mol. The van der Waals surface area contributed by atoms with E-state index in [0.717, 1.165) is 16.9 Å². The Kier molecular flexibility index (Phi) is 2.41. The predicted octanol–water partition coefficient (Wildman–Crippen LogP) is 2.29. The van der Waals surface area contributed by atoms with Crippen molar-refractivity contribution in [2.75, 3.05) is 0 Å². The van der Waals surface area contributed by atoms with E-state index in [1.165, 1.54) is 12.1 Å². The van der Waals surface area contributed by atoms with Crippen LogP contribution in [0.3, 0.4) is 0 Å². The molecule has 0 atom stereocenters. The van der Waals surface area contributed by atoms with Crippen LogP contribution < -0.4 is 0 Å². The van der Waals surface area contributed by atoms with Crippen LogP contribution in [0, 0.1) is 5.82 Å². The van der Waals surface area contributed by atoms with Crippen molar-refractivity contribution in [1.29, 1.82) is 0 Å². The lowest BCUT2D eigenvalue weighted by Gasteiger charge is -2.07. The third-order valence-electron chi connectivity index (χ3n) is 3.34. The van der Waals surface area contributed by atoms with Crippen LogP contribution in [0.5, 0.6) is 0 Å². The lowest BCUT2D eigenvalue weighted by molar-refractivity contribution is 0.627. The van der Waals surface area contributed by atoms with Crippen LogP contribution in [-0.4, -0.2) is 29.5 Å². The van der Waals surface area contributed by atoms with Gasteiger partial charge in [-0.05, 0) is 24.3 Å². The Morgan fingerprint density at radius 3 is 2.90 bits per heavy atom. The first kappa shape index (κ1) is 11.8. The van der Waals surface area contributed by atoms with Gasteiger partial charge in [-0.15, -0.1) is 0 Å². The number of imidazole rings is 1. The summed E-state index contributed by atoms with van der Waals surface area (Å²) in [4.78, 5) is 7.65. The molecule has 104 valence electrons. The fourth-order valence-electron chi connectivity index (χ4n) is 2.35. The number of nitrogens with one attached hydrogen (secondary N) is 1. The number of rotatable bonds is 2. The molecule has 0 spiro atoms. The van der Waals surface area contributed by atoms with Crippen molar-refractivity contribution < 1.29 is 4.39 Å². The molecule has 1 aromatic carbocycles. The van der Waals surface area contributed by atoms with Gasteiger partial charge in [-0.3, -0.25) is 0 Å². The van der Waals surface area contributed by atoms with E-state index in [1.807, 2.05) is 13.1 Å². The van der Waals surface area contributed by atoms with Crippen LogP contribution in [0.1, 0.15) is 0 Å².